The fourth-order valence-corrected chi connectivity index (χ4v) is 3.08. The monoisotopic (exact) mass is 393 g/mol. The van der Waals surface area contributed by atoms with E-state index >= 15 is 0 Å². The number of aromatic nitrogens is 2. The number of hydrogen-bond donors (Lipinski definition) is 1. The molecule has 0 aliphatic rings. The highest BCUT2D eigenvalue weighted by molar-refractivity contribution is 6.00. The van der Waals surface area contributed by atoms with Gasteiger partial charge in [0.2, 0.25) is 0 Å². The van der Waals surface area contributed by atoms with E-state index < -0.39 is 5.97 Å². The van der Waals surface area contributed by atoms with Crippen molar-refractivity contribution >= 4 is 11.7 Å². The molecule has 7 nitrogen and oxygen atoms in total. The third-order valence-corrected chi connectivity index (χ3v) is 4.57. The Morgan fingerprint density at radius 1 is 1.07 bits per heavy atom. The van der Waals surface area contributed by atoms with Gasteiger partial charge in [-0.3, -0.25) is 19.7 Å². The molecule has 0 amide bonds. The number of ether oxygens (including phenoxy) is 2. The number of rotatable bonds is 7. The van der Waals surface area contributed by atoms with Gasteiger partial charge in [0.1, 0.15) is 5.75 Å². The quantitative estimate of drug-likeness (QED) is 0.494. The molecule has 3 aromatic rings. The van der Waals surface area contributed by atoms with Gasteiger partial charge < -0.3 is 9.47 Å². The Kier molecular flexibility index (Phi) is 6.29. The number of esters is 1. The summed E-state index contributed by atoms with van der Waals surface area (Å²) < 4.78 is 11.5. The number of carbonyl (C=O) groups is 1. The second kappa shape index (κ2) is 9.05. The number of aromatic amines is 1. The molecule has 0 spiro atoms. The van der Waals surface area contributed by atoms with Crippen molar-refractivity contribution in [1.29, 1.82) is 0 Å². The highest BCUT2D eigenvalue weighted by Crippen LogP contribution is 2.19. The molecule has 0 saturated carbocycles. The molecule has 1 aromatic heterocycles. The number of nitrogens with zero attached hydrogens (tertiary/aromatic N) is 2. The maximum atomic E-state index is 13.1. The van der Waals surface area contributed by atoms with E-state index in [2.05, 4.69) is 10.1 Å². The predicted molar refractivity (Wildman–Crippen MR) is 111 cm³/mol. The summed E-state index contributed by atoms with van der Waals surface area (Å²) in [6.45, 7) is 2.11. The second-order valence-corrected chi connectivity index (χ2v) is 6.41. The highest BCUT2D eigenvalue weighted by Gasteiger charge is 2.20. The number of carbonyl (C=O) groups excluding carboxylic acids is 1. The molecule has 0 fully saturated rings. The normalized spacial score (nSPS) is 11.3. The average molecular weight is 393 g/mol. The molecule has 0 atom stereocenters. The number of nitrogens with one attached hydrogen (secondary N) is 1. The van der Waals surface area contributed by atoms with Crippen LogP contribution in [0.2, 0.25) is 0 Å². The van der Waals surface area contributed by atoms with E-state index in [9.17, 15) is 9.59 Å². The summed E-state index contributed by atoms with van der Waals surface area (Å²) in [5, 5.41) is 3.03. The smallest absolute Gasteiger partial charge is 0.311 e. The van der Waals surface area contributed by atoms with Crippen molar-refractivity contribution in [2.24, 2.45) is 4.99 Å². The molecule has 1 heterocycles. The second-order valence-electron chi connectivity index (χ2n) is 6.41. The van der Waals surface area contributed by atoms with E-state index in [0.29, 0.717) is 29.2 Å². The summed E-state index contributed by atoms with van der Waals surface area (Å²) in [7, 11) is 2.92. The van der Waals surface area contributed by atoms with Crippen molar-refractivity contribution in [2.45, 2.75) is 19.9 Å². The Morgan fingerprint density at radius 3 is 2.45 bits per heavy atom. The van der Waals surface area contributed by atoms with E-state index in [4.69, 9.17) is 9.47 Å². The number of hydrogen-bond acceptors (Lipinski definition) is 5. The number of methoxy groups -OCH3 is 2. The fraction of sp³-hybridized carbons (Fsp3) is 0.227. The Labute approximate surface area is 168 Å². The third-order valence-electron chi connectivity index (χ3n) is 4.57. The van der Waals surface area contributed by atoms with Gasteiger partial charge in [0.25, 0.3) is 5.56 Å². The molecule has 29 heavy (non-hydrogen) atoms. The van der Waals surface area contributed by atoms with E-state index in [1.54, 1.807) is 14.0 Å². The lowest BCUT2D eigenvalue weighted by Gasteiger charge is -2.06. The molecule has 0 aliphatic carbocycles. The lowest BCUT2D eigenvalue weighted by molar-refractivity contribution is -0.139. The fourth-order valence-electron chi connectivity index (χ4n) is 3.08. The standard InChI is InChI=1S/C22H23N3O4/c1-15(23-14-16-9-7-8-12-19(16)28-2)21-18(13-20(26)29-3)24-25(22(21)27)17-10-5-4-6-11-17/h4-12,24H,13-14H2,1-3H3. The van der Waals surface area contributed by atoms with Gasteiger partial charge in [0.15, 0.2) is 0 Å². The number of H-pyrrole nitrogens is 1. The van der Waals surface area contributed by atoms with Gasteiger partial charge in [-0.2, -0.15) is 0 Å². The Balaban J connectivity index is 2.02. The van der Waals surface area contributed by atoms with Crippen molar-refractivity contribution in [3.8, 4) is 11.4 Å². The van der Waals surface area contributed by atoms with Gasteiger partial charge in [0.05, 0.1) is 44.1 Å². The van der Waals surface area contributed by atoms with Crippen LogP contribution < -0.4 is 10.3 Å². The zero-order valence-corrected chi connectivity index (χ0v) is 16.6. The number of para-hydroxylation sites is 2. The molecule has 7 heteroatoms. The lowest BCUT2D eigenvalue weighted by Crippen LogP contribution is -2.20. The summed E-state index contributed by atoms with van der Waals surface area (Å²) >= 11 is 0. The molecular formula is C22H23N3O4. The first-order valence-corrected chi connectivity index (χ1v) is 9.14. The van der Waals surface area contributed by atoms with Crippen LogP contribution in [0.15, 0.2) is 64.4 Å². The molecule has 150 valence electrons. The van der Waals surface area contributed by atoms with E-state index in [1.165, 1.54) is 11.8 Å². The SMILES string of the molecule is COC(=O)Cc1[nH]n(-c2ccccc2)c(=O)c1C(C)=NCc1ccccc1OC. The lowest BCUT2D eigenvalue weighted by atomic mass is 10.1. The third kappa shape index (κ3) is 4.45. The molecule has 0 unspecified atom stereocenters. The molecular weight excluding hydrogens is 370 g/mol. The maximum absolute atomic E-state index is 13.1. The van der Waals surface area contributed by atoms with Gasteiger partial charge in [-0.05, 0) is 25.1 Å². The number of aliphatic imine (C=N–C) groups is 1. The van der Waals surface area contributed by atoms with Crippen LogP contribution in [0.4, 0.5) is 0 Å². The van der Waals surface area contributed by atoms with Gasteiger partial charge in [-0.1, -0.05) is 36.4 Å². The highest BCUT2D eigenvalue weighted by atomic mass is 16.5. The van der Waals surface area contributed by atoms with Gasteiger partial charge in [-0.15, -0.1) is 0 Å². The van der Waals surface area contributed by atoms with Crippen LogP contribution in [0.1, 0.15) is 23.7 Å². The van der Waals surface area contributed by atoms with Crippen molar-refractivity contribution in [3.05, 3.63) is 81.8 Å². The zero-order valence-electron chi connectivity index (χ0n) is 16.6. The molecule has 0 saturated heterocycles. The van der Waals surface area contributed by atoms with Crippen molar-refractivity contribution < 1.29 is 14.3 Å². The summed E-state index contributed by atoms with van der Waals surface area (Å²) in [5.41, 5.74) is 2.68. The van der Waals surface area contributed by atoms with Crippen LogP contribution in [-0.4, -0.2) is 35.7 Å². The van der Waals surface area contributed by atoms with Crippen LogP contribution in [0, 0.1) is 0 Å². The minimum Gasteiger partial charge on any atom is -0.496 e. The van der Waals surface area contributed by atoms with Crippen LogP contribution >= 0.6 is 0 Å². The van der Waals surface area contributed by atoms with Crippen molar-refractivity contribution in [2.75, 3.05) is 14.2 Å². The van der Waals surface area contributed by atoms with Crippen molar-refractivity contribution in [3.63, 3.8) is 0 Å². The van der Waals surface area contributed by atoms with Gasteiger partial charge in [-0.25, -0.2) is 4.68 Å². The molecule has 3 rings (SSSR count). The molecule has 0 radical (unpaired) electrons. The van der Waals surface area contributed by atoms with Crippen LogP contribution in [0.3, 0.4) is 0 Å². The largest absolute Gasteiger partial charge is 0.496 e. The zero-order chi connectivity index (χ0) is 20.8. The predicted octanol–water partition coefficient (Wildman–Crippen LogP) is 2.90. The minimum absolute atomic E-state index is 0.0531. The minimum atomic E-state index is -0.440. The van der Waals surface area contributed by atoms with E-state index in [-0.39, 0.29) is 12.0 Å². The van der Waals surface area contributed by atoms with E-state index in [0.717, 1.165) is 11.3 Å². The van der Waals surface area contributed by atoms with Crippen LogP contribution in [-0.2, 0) is 22.5 Å². The summed E-state index contributed by atoms with van der Waals surface area (Å²) in [4.78, 5) is 29.6. The molecule has 2 aromatic carbocycles. The average Bonchev–Trinajstić information content (AvgIpc) is 3.08. The molecule has 1 N–H and O–H groups in total. The number of benzene rings is 2. The summed E-state index contributed by atoms with van der Waals surface area (Å²) in [5.74, 6) is 0.292. The first kappa shape index (κ1) is 20.1. The first-order valence-electron chi connectivity index (χ1n) is 9.14. The van der Waals surface area contributed by atoms with Gasteiger partial charge in [0, 0.05) is 11.3 Å². The van der Waals surface area contributed by atoms with Crippen LogP contribution in [0.5, 0.6) is 5.75 Å². The van der Waals surface area contributed by atoms with Crippen molar-refractivity contribution in [1.82, 2.24) is 9.78 Å². The molecule has 0 bridgehead atoms. The molecule has 0 aliphatic heterocycles. The Morgan fingerprint density at radius 2 is 1.76 bits per heavy atom. The van der Waals surface area contributed by atoms with Gasteiger partial charge >= 0.3 is 5.97 Å². The Bertz CT molecular complexity index is 1080. The summed E-state index contributed by atoms with van der Waals surface area (Å²) in [6, 6.07) is 16.7. The van der Waals surface area contributed by atoms with E-state index in [1.807, 2.05) is 54.6 Å². The first-order chi connectivity index (χ1) is 14.0. The Hall–Kier alpha value is -3.61. The maximum Gasteiger partial charge on any atom is 0.311 e. The summed E-state index contributed by atoms with van der Waals surface area (Å²) in [6.07, 6.45) is -0.0531. The topological polar surface area (TPSA) is 85.7 Å². The van der Waals surface area contributed by atoms with Crippen LogP contribution in [0.25, 0.3) is 5.69 Å².